The number of benzene rings is 2. The number of hydrogen-bond acceptors (Lipinski definition) is 4. The second kappa shape index (κ2) is 8.29. The van der Waals surface area contributed by atoms with Gasteiger partial charge < -0.3 is 9.64 Å². The molecular weight excluding hydrogens is 346 g/mol. The van der Waals surface area contributed by atoms with Crippen LogP contribution in [-0.2, 0) is 0 Å². The molecule has 136 valence electrons. The van der Waals surface area contributed by atoms with Gasteiger partial charge in [0, 0.05) is 13.0 Å². The van der Waals surface area contributed by atoms with Gasteiger partial charge in [0.25, 0.3) is 5.91 Å². The van der Waals surface area contributed by atoms with Gasteiger partial charge in [-0.2, -0.15) is 0 Å². The molecule has 1 amide bonds. The standard InChI is InChI=1S/C20H23N3O2S/c1-22(2)13-8-14-23(19(24)15-9-4-6-11-17(15)25-3)20-21-16-10-5-7-12-18(16)26-20/h4-7,9-12H,8,13-14H2,1-3H3/p+1. The Labute approximate surface area is 157 Å². The van der Waals surface area contributed by atoms with Crippen molar-refractivity contribution in [1.29, 1.82) is 0 Å². The summed E-state index contributed by atoms with van der Waals surface area (Å²) in [6.07, 6.45) is 0.902. The number of quaternary nitrogens is 1. The van der Waals surface area contributed by atoms with Crippen molar-refractivity contribution in [2.24, 2.45) is 0 Å². The van der Waals surface area contributed by atoms with Crippen LogP contribution in [0.3, 0.4) is 0 Å². The molecule has 0 aliphatic rings. The first-order valence-electron chi connectivity index (χ1n) is 8.69. The Morgan fingerprint density at radius 3 is 2.62 bits per heavy atom. The molecule has 1 heterocycles. The average Bonchev–Trinajstić information content (AvgIpc) is 3.08. The number of nitrogens with zero attached hydrogens (tertiary/aromatic N) is 2. The fourth-order valence-electron chi connectivity index (χ4n) is 2.82. The van der Waals surface area contributed by atoms with Gasteiger partial charge in [0.15, 0.2) is 5.13 Å². The topological polar surface area (TPSA) is 46.9 Å². The van der Waals surface area contributed by atoms with Gasteiger partial charge in [-0.25, -0.2) is 4.98 Å². The maximum absolute atomic E-state index is 13.3. The maximum Gasteiger partial charge on any atom is 0.263 e. The molecule has 0 aliphatic carbocycles. The van der Waals surface area contributed by atoms with Crippen molar-refractivity contribution < 1.29 is 14.4 Å². The largest absolute Gasteiger partial charge is 0.496 e. The van der Waals surface area contributed by atoms with Gasteiger partial charge >= 0.3 is 0 Å². The van der Waals surface area contributed by atoms with Crippen LogP contribution in [0.5, 0.6) is 5.75 Å². The zero-order valence-corrected chi connectivity index (χ0v) is 16.2. The first-order valence-corrected chi connectivity index (χ1v) is 9.51. The molecule has 1 N–H and O–H groups in total. The van der Waals surface area contributed by atoms with Crippen LogP contribution >= 0.6 is 11.3 Å². The number of amides is 1. The highest BCUT2D eigenvalue weighted by atomic mass is 32.1. The lowest BCUT2D eigenvalue weighted by molar-refractivity contribution is -0.858. The van der Waals surface area contributed by atoms with E-state index in [1.54, 1.807) is 29.4 Å². The molecule has 26 heavy (non-hydrogen) atoms. The first kappa shape index (κ1) is 18.4. The Morgan fingerprint density at radius 2 is 1.88 bits per heavy atom. The maximum atomic E-state index is 13.3. The molecule has 5 nitrogen and oxygen atoms in total. The summed E-state index contributed by atoms with van der Waals surface area (Å²) >= 11 is 1.55. The predicted octanol–water partition coefficient (Wildman–Crippen LogP) is 2.49. The van der Waals surface area contributed by atoms with Crippen molar-refractivity contribution >= 4 is 32.6 Å². The van der Waals surface area contributed by atoms with Crippen LogP contribution in [0.2, 0.25) is 0 Å². The molecule has 0 atom stereocenters. The fraction of sp³-hybridized carbons (Fsp3) is 0.300. The normalized spacial score (nSPS) is 11.1. The Hall–Kier alpha value is -2.44. The van der Waals surface area contributed by atoms with Crippen molar-refractivity contribution in [3.05, 3.63) is 54.1 Å². The lowest BCUT2D eigenvalue weighted by Crippen LogP contribution is -3.05. The van der Waals surface area contributed by atoms with E-state index >= 15 is 0 Å². The molecule has 0 bridgehead atoms. The van der Waals surface area contributed by atoms with E-state index in [9.17, 15) is 4.79 Å². The van der Waals surface area contributed by atoms with Crippen molar-refractivity contribution in [2.45, 2.75) is 6.42 Å². The summed E-state index contributed by atoms with van der Waals surface area (Å²) in [4.78, 5) is 21.1. The summed E-state index contributed by atoms with van der Waals surface area (Å²) in [6.45, 7) is 1.61. The number of hydrogen-bond donors (Lipinski definition) is 1. The van der Waals surface area contributed by atoms with E-state index in [1.165, 1.54) is 4.90 Å². The molecule has 0 radical (unpaired) electrons. The van der Waals surface area contributed by atoms with Crippen molar-refractivity contribution in [3.63, 3.8) is 0 Å². The van der Waals surface area contributed by atoms with E-state index in [0.29, 0.717) is 17.9 Å². The number of para-hydroxylation sites is 2. The molecule has 0 fully saturated rings. The highest BCUT2D eigenvalue weighted by molar-refractivity contribution is 7.22. The summed E-state index contributed by atoms with van der Waals surface area (Å²) < 4.78 is 6.47. The zero-order chi connectivity index (χ0) is 18.5. The number of methoxy groups -OCH3 is 1. The SMILES string of the molecule is COc1ccccc1C(=O)N(CCC[NH+](C)C)c1nc2ccccc2s1. The summed E-state index contributed by atoms with van der Waals surface area (Å²) in [5.74, 6) is 0.511. The third-order valence-corrected chi connectivity index (χ3v) is 5.21. The van der Waals surface area contributed by atoms with E-state index in [4.69, 9.17) is 4.74 Å². The third kappa shape index (κ3) is 4.03. The van der Waals surface area contributed by atoms with E-state index < -0.39 is 0 Å². The van der Waals surface area contributed by atoms with Gasteiger partial charge in [-0.1, -0.05) is 35.6 Å². The van der Waals surface area contributed by atoms with Gasteiger partial charge in [-0.3, -0.25) is 9.69 Å². The minimum atomic E-state index is -0.0738. The van der Waals surface area contributed by atoms with Crippen LogP contribution in [0.25, 0.3) is 10.2 Å². The molecule has 0 saturated carbocycles. The number of aromatic nitrogens is 1. The van der Waals surface area contributed by atoms with Crippen LogP contribution in [0.15, 0.2) is 48.5 Å². The lowest BCUT2D eigenvalue weighted by Gasteiger charge is -2.21. The smallest absolute Gasteiger partial charge is 0.263 e. The number of carbonyl (C=O) groups excluding carboxylic acids is 1. The lowest BCUT2D eigenvalue weighted by atomic mass is 10.1. The number of fused-ring (bicyclic) bond motifs is 1. The first-order chi connectivity index (χ1) is 12.6. The molecule has 3 aromatic rings. The number of anilines is 1. The Bertz CT molecular complexity index is 858. The fourth-order valence-corrected chi connectivity index (χ4v) is 3.81. The molecule has 0 saturated heterocycles. The summed E-state index contributed by atoms with van der Waals surface area (Å²) in [5.41, 5.74) is 1.48. The summed E-state index contributed by atoms with van der Waals surface area (Å²) in [6, 6.07) is 15.3. The summed E-state index contributed by atoms with van der Waals surface area (Å²) in [7, 11) is 5.82. The Kier molecular flexibility index (Phi) is 5.85. The average molecular weight is 370 g/mol. The molecule has 6 heteroatoms. The van der Waals surface area contributed by atoms with Crippen LogP contribution < -0.4 is 14.5 Å². The van der Waals surface area contributed by atoms with E-state index in [0.717, 1.165) is 28.3 Å². The van der Waals surface area contributed by atoms with Gasteiger partial charge in [-0.05, 0) is 24.3 Å². The van der Waals surface area contributed by atoms with Crippen molar-refractivity contribution in [1.82, 2.24) is 4.98 Å². The number of rotatable bonds is 7. The molecule has 3 rings (SSSR count). The highest BCUT2D eigenvalue weighted by Crippen LogP contribution is 2.31. The number of carbonyl (C=O) groups is 1. The number of nitrogens with one attached hydrogen (secondary N) is 1. The molecular formula is C20H24N3O2S+. The molecule has 0 unspecified atom stereocenters. The van der Waals surface area contributed by atoms with Crippen LogP contribution in [0.4, 0.5) is 5.13 Å². The van der Waals surface area contributed by atoms with Gasteiger partial charge in [0.05, 0.1) is 43.5 Å². The molecule has 0 aliphatic heterocycles. The Balaban J connectivity index is 1.95. The van der Waals surface area contributed by atoms with Crippen LogP contribution in [0, 0.1) is 0 Å². The minimum absolute atomic E-state index is 0.0738. The second-order valence-corrected chi connectivity index (χ2v) is 7.44. The number of thiazole rings is 1. The van der Waals surface area contributed by atoms with Crippen molar-refractivity contribution in [2.75, 3.05) is 39.2 Å². The second-order valence-electron chi connectivity index (χ2n) is 6.43. The molecule has 0 spiro atoms. The van der Waals surface area contributed by atoms with E-state index in [2.05, 4.69) is 19.1 Å². The monoisotopic (exact) mass is 370 g/mol. The summed E-state index contributed by atoms with van der Waals surface area (Å²) in [5, 5.41) is 0.732. The van der Waals surface area contributed by atoms with Crippen LogP contribution in [0.1, 0.15) is 16.8 Å². The van der Waals surface area contributed by atoms with Gasteiger partial charge in [-0.15, -0.1) is 0 Å². The predicted molar refractivity (Wildman–Crippen MR) is 107 cm³/mol. The number of ether oxygens (including phenoxy) is 1. The quantitative estimate of drug-likeness (QED) is 0.695. The van der Waals surface area contributed by atoms with Gasteiger partial charge in [0.1, 0.15) is 5.75 Å². The molecule has 2 aromatic carbocycles. The highest BCUT2D eigenvalue weighted by Gasteiger charge is 2.23. The van der Waals surface area contributed by atoms with Gasteiger partial charge in [0.2, 0.25) is 0 Å². The third-order valence-electron chi connectivity index (χ3n) is 4.15. The molecule has 1 aromatic heterocycles. The van der Waals surface area contributed by atoms with E-state index in [1.807, 2.05) is 42.5 Å². The van der Waals surface area contributed by atoms with Crippen molar-refractivity contribution in [3.8, 4) is 5.75 Å². The minimum Gasteiger partial charge on any atom is -0.496 e. The zero-order valence-electron chi connectivity index (χ0n) is 15.4. The Morgan fingerprint density at radius 1 is 1.15 bits per heavy atom. The van der Waals surface area contributed by atoms with E-state index in [-0.39, 0.29) is 5.91 Å². The van der Waals surface area contributed by atoms with Crippen LogP contribution in [-0.4, -0.2) is 45.2 Å².